The highest BCUT2D eigenvalue weighted by Gasteiger charge is 1.99. The van der Waals surface area contributed by atoms with E-state index in [1.54, 1.807) is 0 Å². The molecular formula is C15H22N2O. The fourth-order valence-electron chi connectivity index (χ4n) is 1.63. The fraction of sp³-hybridized carbons (Fsp3) is 0.533. The zero-order valence-corrected chi connectivity index (χ0v) is 11.5. The second kappa shape index (κ2) is 7.73. The van der Waals surface area contributed by atoms with Gasteiger partial charge in [0.05, 0.1) is 11.6 Å². The van der Waals surface area contributed by atoms with Crippen LogP contribution < -0.4 is 5.32 Å². The Bertz CT molecular complexity index is 407. The smallest absolute Gasteiger partial charge is 0.0994 e. The molecule has 3 nitrogen and oxygen atoms in total. The SMILES string of the molecule is Cc1cc(NCCCOCC(C)C)ccc1C#N. The first-order chi connectivity index (χ1) is 8.63. The van der Waals surface area contributed by atoms with Crippen molar-refractivity contribution in [1.29, 1.82) is 5.26 Å². The summed E-state index contributed by atoms with van der Waals surface area (Å²) >= 11 is 0. The topological polar surface area (TPSA) is 45.0 Å². The summed E-state index contributed by atoms with van der Waals surface area (Å²) in [6.45, 7) is 8.77. The average Bonchev–Trinajstić information content (AvgIpc) is 2.33. The molecule has 0 aliphatic heterocycles. The highest BCUT2D eigenvalue weighted by atomic mass is 16.5. The Kier molecular flexibility index (Phi) is 6.24. The zero-order chi connectivity index (χ0) is 13.4. The number of benzene rings is 1. The fourth-order valence-corrected chi connectivity index (χ4v) is 1.63. The van der Waals surface area contributed by atoms with Gasteiger partial charge in [0.25, 0.3) is 0 Å². The second-order valence-electron chi connectivity index (χ2n) is 4.89. The van der Waals surface area contributed by atoms with Crippen LogP contribution in [-0.4, -0.2) is 19.8 Å². The van der Waals surface area contributed by atoms with Gasteiger partial charge in [0.1, 0.15) is 0 Å². The van der Waals surface area contributed by atoms with E-state index in [0.29, 0.717) is 5.92 Å². The minimum atomic E-state index is 0.596. The van der Waals surface area contributed by atoms with Gasteiger partial charge >= 0.3 is 0 Å². The van der Waals surface area contributed by atoms with Gasteiger partial charge in [-0.05, 0) is 43.0 Å². The van der Waals surface area contributed by atoms with Crippen molar-refractivity contribution in [2.45, 2.75) is 27.2 Å². The van der Waals surface area contributed by atoms with Gasteiger partial charge in [-0.15, -0.1) is 0 Å². The lowest BCUT2D eigenvalue weighted by Crippen LogP contribution is -2.08. The van der Waals surface area contributed by atoms with Crippen molar-refractivity contribution in [3.05, 3.63) is 29.3 Å². The lowest BCUT2D eigenvalue weighted by Gasteiger charge is -2.09. The standard InChI is InChI=1S/C15H22N2O/c1-12(2)11-18-8-4-7-17-15-6-5-14(10-16)13(3)9-15/h5-6,9,12,17H,4,7-8,11H2,1-3H3. The molecule has 0 spiro atoms. The molecule has 0 radical (unpaired) electrons. The predicted molar refractivity (Wildman–Crippen MR) is 74.7 cm³/mol. The normalized spacial score (nSPS) is 10.4. The number of ether oxygens (including phenoxy) is 1. The lowest BCUT2D eigenvalue weighted by atomic mass is 10.1. The molecular weight excluding hydrogens is 224 g/mol. The molecule has 1 N–H and O–H groups in total. The van der Waals surface area contributed by atoms with Crippen LogP contribution in [-0.2, 0) is 4.74 Å². The molecule has 1 aromatic rings. The molecule has 0 saturated carbocycles. The van der Waals surface area contributed by atoms with Crippen LogP contribution in [0.5, 0.6) is 0 Å². The summed E-state index contributed by atoms with van der Waals surface area (Å²) in [4.78, 5) is 0. The van der Waals surface area contributed by atoms with Crippen molar-refractivity contribution < 1.29 is 4.74 Å². The van der Waals surface area contributed by atoms with Crippen LogP contribution in [0.1, 0.15) is 31.4 Å². The van der Waals surface area contributed by atoms with Gasteiger partial charge in [0.2, 0.25) is 0 Å². The van der Waals surface area contributed by atoms with E-state index in [-0.39, 0.29) is 0 Å². The molecule has 1 rings (SSSR count). The molecule has 1 aromatic carbocycles. The molecule has 0 bridgehead atoms. The third kappa shape index (κ3) is 5.20. The molecule has 0 atom stereocenters. The van der Waals surface area contributed by atoms with Crippen molar-refractivity contribution in [2.75, 3.05) is 25.1 Å². The van der Waals surface area contributed by atoms with Gasteiger partial charge in [0, 0.05) is 25.4 Å². The van der Waals surface area contributed by atoms with E-state index in [0.717, 1.165) is 43.0 Å². The predicted octanol–water partition coefficient (Wildman–Crippen LogP) is 3.34. The van der Waals surface area contributed by atoms with Crippen molar-refractivity contribution in [3.8, 4) is 6.07 Å². The molecule has 0 aliphatic rings. The highest BCUT2D eigenvalue weighted by Crippen LogP contribution is 2.14. The summed E-state index contributed by atoms with van der Waals surface area (Å²) in [7, 11) is 0. The summed E-state index contributed by atoms with van der Waals surface area (Å²) in [5.41, 5.74) is 2.81. The molecule has 3 heteroatoms. The molecule has 0 fully saturated rings. The number of rotatable bonds is 7. The molecule has 98 valence electrons. The molecule has 0 saturated heterocycles. The first-order valence-corrected chi connectivity index (χ1v) is 6.46. The third-order valence-corrected chi connectivity index (χ3v) is 2.59. The van der Waals surface area contributed by atoms with Crippen molar-refractivity contribution >= 4 is 5.69 Å². The molecule has 0 unspecified atom stereocenters. The van der Waals surface area contributed by atoms with E-state index in [4.69, 9.17) is 10.00 Å². The third-order valence-electron chi connectivity index (χ3n) is 2.59. The van der Waals surface area contributed by atoms with Crippen LogP contribution in [0.15, 0.2) is 18.2 Å². The van der Waals surface area contributed by atoms with Crippen LogP contribution in [0.3, 0.4) is 0 Å². The Balaban J connectivity index is 2.24. The number of anilines is 1. The van der Waals surface area contributed by atoms with Crippen LogP contribution in [0.2, 0.25) is 0 Å². The maximum absolute atomic E-state index is 8.84. The van der Waals surface area contributed by atoms with Gasteiger partial charge < -0.3 is 10.1 Å². The largest absolute Gasteiger partial charge is 0.385 e. The van der Waals surface area contributed by atoms with Crippen LogP contribution >= 0.6 is 0 Å². The summed E-state index contributed by atoms with van der Waals surface area (Å²) < 4.78 is 5.51. The first-order valence-electron chi connectivity index (χ1n) is 6.46. The number of aryl methyl sites for hydroxylation is 1. The second-order valence-corrected chi connectivity index (χ2v) is 4.89. The summed E-state index contributed by atoms with van der Waals surface area (Å²) in [5.74, 6) is 0.596. The number of hydrogen-bond acceptors (Lipinski definition) is 3. The van der Waals surface area contributed by atoms with Gasteiger partial charge in [-0.3, -0.25) is 0 Å². The maximum Gasteiger partial charge on any atom is 0.0994 e. The van der Waals surface area contributed by atoms with Crippen LogP contribution in [0.25, 0.3) is 0 Å². The Morgan fingerprint density at radius 2 is 2.17 bits per heavy atom. The minimum absolute atomic E-state index is 0.596. The Morgan fingerprint density at radius 3 is 2.78 bits per heavy atom. The highest BCUT2D eigenvalue weighted by molar-refractivity contribution is 5.51. The van der Waals surface area contributed by atoms with E-state index in [9.17, 15) is 0 Å². The molecule has 18 heavy (non-hydrogen) atoms. The number of nitrogens with one attached hydrogen (secondary N) is 1. The Morgan fingerprint density at radius 1 is 1.39 bits per heavy atom. The van der Waals surface area contributed by atoms with Crippen molar-refractivity contribution in [2.24, 2.45) is 5.92 Å². The van der Waals surface area contributed by atoms with E-state index in [2.05, 4.69) is 25.2 Å². The maximum atomic E-state index is 8.84. The zero-order valence-electron chi connectivity index (χ0n) is 11.5. The Hall–Kier alpha value is -1.53. The van der Waals surface area contributed by atoms with E-state index in [1.807, 2.05) is 25.1 Å². The lowest BCUT2D eigenvalue weighted by molar-refractivity contribution is 0.110. The van der Waals surface area contributed by atoms with Crippen molar-refractivity contribution in [3.63, 3.8) is 0 Å². The summed E-state index contributed by atoms with van der Waals surface area (Å²) in [5, 5.41) is 12.2. The van der Waals surface area contributed by atoms with E-state index in [1.165, 1.54) is 0 Å². The number of nitriles is 1. The van der Waals surface area contributed by atoms with E-state index >= 15 is 0 Å². The van der Waals surface area contributed by atoms with Crippen molar-refractivity contribution in [1.82, 2.24) is 0 Å². The number of nitrogens with zero attached hydrogens (tertiary/aromatic N) is 1. The quantitative estimate of drug-likeness (QED) is 0.750. The van der Waals surface area contributed by atoms with Crippen LogP contribution in [0, 0.1) is 24.2 Å². The monoisotopic (exact) mass is 246 g/mol. The van der Waals surface area contributed by atoms with E-state index < -0.39 is 0 Å². The summed E-state index contributed by atoms with van der Waals surface area (Å²) in [6, 6.07) is 7.98. The van der Waals surface area contributed by atoms with Gasteiger partial charge in [0.15, 0.2) is 0 Å². The average molecular weight is 246 g/mol. The van der Waals surface area contributed by atoms with Gasteiger partial charge in [-0.1, -0.05) is 13.8 Å². The molecule has 0 aliphatic carbocycles. The number of hydrogen-bond donors (Lipinski definition) is 1. The molecule has 0 amide bonds. The van der Waals surface area contributed by atoms with Gasteiger partial charge in [-0.25, -0.2) is 0 Å². The van der Waals surface area contributed by atoms with Crippen LogP contribution in [0.4, 0.5) is 5.69 Å². The molecule has 0 aromatic heterocycles. The minimum Gasteiger partial charge on any atom is -0.385 e. The molecule has 0 heterocycles. The van der Waals surface area contributed by atoms with Gasteiger partial charge in [-0.2, -0.15) is 5.26 Å². The summed E-state index contributed by atoms with van der Waals surface area (Å²) in [6.07, 6.45) is 0.992. The Labute approximate surface area is 110 Å². The first kappa shape index (κ1) is 14.5.